The lowest BCUT2D eigenvalue weighted by Gasteiger charge is -2.45. The van der Waals surface area contributed by atoms with Crippen LogP contribution in [0.3, 0.4) is 0 Å². The molecule has 2 aliphatic carbocycles. The zero-order valence-electron chi connectivity index (χ0n) is 14.9. The predicted molar refractivity (Wildman–Crippen MR) is 112 cm³/mol. The standard InChI is InChI=1S/C17H33N3OS.HI/c1-4-16(9-7-10-16)12-19-15(18-5-2)20-13-17(21)11-8-14(17)22-6-3;/h14,21H,4-13H2,1-3H3,(H2,18,19,20);1H. The number of rotatable bonds is 8. The Bertz CT molecular complexity index is 385. The minimum atomic E-state index is -0.560. The predicted octanol–water partition coefficient (Wildman–Crippen LogP) is 3.39. The van der Waals surface area contributed by atoms with E-state index in [1.807, 2.05) is 11.8 Å². The van der Waals surface area contributed by atoms with Gasteiger partial charge in [-0.25, -0.2) is 0 Å². The first-order valence-electron chi connectivity index (χ1n) is 8.93. The van der Waals surface area contributed by atoms with Crippen molar-refractivity contribution in [1.29, 1.82) is 0 Å². The van der Waals surface area contributed by atoms with Crippen LogP contribution in [0.15, 0.2) is 4.99 Å². The Morgan fingerprint density at radius 1 is 1.22 bits per heavy atom. The van der Waals surface area contributed by atoms with Gasteiger partial charge in [-0.2, -0.15) is 11.8 Å². The fraction of sp³-hybridized carbons (Fsp3) is 0.941. The summed E-state index contributed by atoms with van der Waals surface area (Å²) in [5, 5.41) is 17.7. The summed E-state index contributed by atoms with van der Waals surface area (Å²) in [6.07, 6.45) is 7.22. The highest BCUT2D eigenvalue weighted by molar-refractivity contribution is 14.0. The third-order valence-corrected chi connectivity index (χ3v) is 6.86. The Labute approximate surface area is 163 Å². The summed E-state index contributed by atoms with van der Waals surface area (Å²) in [7, 11) is 0. The number of halogens is 1. The van der Waals surface area contributed by atoms with E-state index >= 15 is 0 Å². The molecule has 0 bridgehead atoms. The van der Waals surface area contributed by atoms with Gasteiger partial charge in [0.2, 0.25) is 0 Å². The second-order valence-corrected chi connectivity index (χ2v) is 8.32. The molecule has 0 spiro atoms. The molecule has 2 rings (SSSR count). The highest BCUT2D eigenvalue weighted by Gasteiger charge is 2.45. The summed E-state index contributed by atoms with van der Waals surface area (Å²) >= 11 is 1.87. The molecule has 0 aromatic heterocycles. The Morgan fingerprint density at radius 3 is 2.39 bits per heavy atom. The van der Waals surface area contributed by atoms with E-state index in [0.29, 0.717) is 17.2 Å². The van der Waals surface area contributed by atoms with Crippen molar-refractivity contribution in [2.75, 3.05) is 25.4 Å². The smallest absolute Gasteiger partial charge is 0.191 e. The number of guanidine groups is 1. The van der Waals surface area contributed by atoms with Crippen molar-refractivity contribution in [3.05, 3.63) is 0 Å². The van der Waals surface area contributed by atoms with E-state index in [0.717, 1.165) is 37.6 Å². The molecule has 0 amide bonds. The molecule has 2 fully saturated rings. The van der Waals surface area contributed by atoms with Gasteiger partial charge >= 0.3 is 0 Å². The number of thioether (sulfide) groups is 1. The van der Waals surface area contributed by atoms with Crippen molar-refractivity contribution >= 4 is 41.7 Å². The van der Waals surface area contributed by atoms with Gasteiger partial charge in [-0.3, -0.25) is 4.99 Å². The lowest BCUT2D eigenvalue weighted by molar-refractivity contribution is -0.0198. The van der Waals surface area contributed by atoms with Gasteiger partial charge in [0, 0.05) is 24.9 Å². The number of aliphatic imine (C=N–C) groups is 1. The SMILES string of the molecule is CCNC(=NCC1(CC)CCC1)NCC1(O)CCC1SCC.I. The third kappa shape index (κ3) is 5.39. The third-order valence-electron chi connectivity index (χ3n) is 5.45. The van der Waals surface area contributed by atoms with Crippen molar-refractivity contribution in [3.8, 4) is 0 Å². The average Bonchev–Trinajstić information content (AvgIpc) is 2.48. The lowest BCUT2D eigenvalue weighted by atomic mass is 9.67. The largest absolute Gasteiger partial charge is 0.387 e. The molecule has 0 radical (unpaired) electrons. The molecule has 0 aliphatic heterocycles. The van der Waals surface area contributed by atoms with Gasteiger partial charge in [0.1, 0.15) is 0 Å². The molecule has 23 heavy (non-hydrogen) atoms. The molecule has 2 aliphatic rings. The van der Waals surface area contributed by atoms with Crippen LogP contribution in [0.1, 0.15) is 59.3 Å². The van der Waals surface area contributed by atoms with Gasteiger partial charge in [-0.15, -0.1) is 24.0 Å². The van der Waals surface area contributed by atoms with Gasteiger partial charge in [0.05, 0.1) is 5.60 Å². The van der Waals surface area contributed by atoms with E-state index in [1.165, 1.54) is 25.7 Å². The highest BCUT2D eigenvalue weighted by Crippen LogP contribution is 2.44. The Morgan fingerprint density at radius 2 is 1.96 bits per heavy atom. The number of nitrogens with zero attached hydrogens (tertiary/aromatic N) is 1. The zero-order chi connectivity index (χ0) is 16.1. The molecule has 2 atom stereocenters. The van der Waals surface area contributed by atoms with Crippen LogP contribution in [0.4, 0.5) is 0 Å². The molecule has 0 heterocycles. The fourth-order valence-corrected chi connectivity index (χ4v) is 4.56. The molecule has 2 unspecified atom stereocenters. The molecule has 4 nitrogen and oxygen atoms in total. The number of nitrogens with one attached hydrogen (secondary N) is 2. The monoisotopic (exact) mass is 455 g/mol. The van der Waals surface area contributed by atoms with Crippen molar-refractivity contribution in [3.63, 3.8) is 0 Å². The van der Waals surface area contributed by atoms with E-state index in [1.54, 1.807) is 0 Å². The Balaban J connectivity index is 0.00000264. The summed E-state index contributed by atoms with van der Waals surface area (Å²) in [4.78, 5) is 4.79. The first-order valence-corrected chi connectivity index (χ1v) is 9.98. The summed E-state index contributed by atoms with van der Waals surface area (Å²) in [5.74, 6) is 1.93. The van der Waals surface area contributed by atoms with E-state index in [2.05, 4.69) is 31.4 Å². The average molecular weight is 455 g/mol. The topological polar surface area (TPSA) is 56.7 Å². The van der Waals surface area contributed by atoms with Crippen LogP contribution in [0.25, 0.3) is 0 Å². The van der Waals surface area contributed by atoms with E-state index < -0.39 is 5.60 Å². The van der Waals surface area contributed by atoms with Crippen LogP contribution >= 0.6 is 35.7 Å². The molecular formula is C17H34IN3OS. The minimum Gasteiger partial charge on any atom is -0.387 e. The summed E-state index contributed by atoms with van der Waals surface area (Å²) in [5.41, 5.74) is -0.119. The van der Waals surface area contributed by atoms with Gasteiger partial charge in [-0.1, -0.05) is 20.3 Å². The van der Waals surface area contributed by atoms with Crippen LogP contribution in [-0.4, -0.2) is 47.3 Å². The molecule has 6 heteroatoms. The maximum Gasteiger partial charge on any atom is 0.191 e. The molecule has 136 valence electrons. The second-order valence-electron chi connectivity index (χ2n) is 6.84. The van der Waals surface area contributed by atoms with Gasteiger partial charge in [0.15, 0.2) is 5.96 Å². The van der Waals surface area contributed by atoms with E-state index in [9.17, 15) is 5.11 Å². The first-order chi connectivity index (χ1) is 10.6. The van der Waals surface area contributed by atoms with Crippen molar-refractivity contribution in [1.82, 2.24) is 10.6 Å². The molecule has 2 saturated carbocycles. The van der Waals surface area contributed by atoms with Crippen LogP contribution in [0.2, 0.25) is 0 Å². The van der Waals surface area contributed by atoms with Gasteiger partial charge in [0.25, 0.3) is 0 Å². The van der Waals surface area contributed by atoms with Crippen molar-refractivity contribution in [2.45, 2.75) is 70.1 Å². The maximum atomic E-state index is 10.7. The summed E-state index contributed by atoms with van der Waals surface area (Å²) in [6, 6.07) is 0. The van der Waals surface area contributed by atoms with Crippen LogP contribution < -0.4 is 10.6 Å². The molecular weight excluding hydrogens is 421 g/mol. The number of hydrogen-bond acceptors (Lipinski definition) is 3. The molecule has 0 aromatic rings. The fourth-order valence-electron chi connectivity index (χ4n) is 3.36. The van der Waals surface area contributed by atoms with Gasteiger partial charge in [-0.05, 0) is 50.2 Å². The minimum absolute atomic E-state index is 0. The van der Waals surface area contributed by atoms with Gasteiger partial charge < -0.3 is 15.7 Å². The summed E-state index contributed by atoms with van der Waals surface area (Å²) < 4.78 is 0. The first kappa shape index (κ1) is 21.4. The van der Waals surface area contributed by atoms with E-state index in [4.69, 9.17) is 4.99 Å². The quantitative estimate of drug-likeness (QED) is 0.299. The second kappa shape index (κ2) is 9.70. The normalized spacial score (nSPS) is 29.0. The van der Waals surface area contributed by atoms with Crippen LogP contribution in [-0.2, 0) is 0 Å². The van der Waals surface area contributed by atoms with Crippen LogP contribution in [0, 0.1) is 5.41 Å². The molecule has 0 saturated heterocycles. The zero-order valence-corrected chi connectivity index (χ0v) is 18.0. The number of hydrogen-bond donors (Lipinski definition) is 3. The number of aliphatic hydroxyl groups is 1. The lowest BCUT2D eigenvalue weighted by Crippen LogP contribution is -2.58. The van der Waals surface area contributed by atoms with E-state index in [-0.39, 0.29) is 24.0 Å². The van der Waals surface area contributed by atoms with Crippen LogP contribution in [0.5, 0.6) is 0 Å². The van der Waals surface area contributed by atoms with Crippen molar-refractivity contribution in [2.24, 2.45) is 10.4 Å². The highest BCUT2D eigenvalue weighted by atomic mass is 127. The Kier molecular flexibility index (Phi) is 9.01. The molecule has 3 N–H and O–H groups in total. The Hall–Kier alpha value is 0.310. The molecule has 0 aromatic carbocycles. The summed E-state index contributed by atoms with van der Waals surface area (Å²) in [6.45, 7) is 8.89. The van der Waals surface area contributed by atoms with Crippen molar-refractivity contribution < 1.29 is 5.11 Å². The maximum absolute atomic E-state index is 10.7.